The van der Waals surface area contributed by atoms with Crippen LogP contribution in [0.5, 0.6) is 5.75 Å². The Kier molecular flexibility index (Phi) is 5.12. The van der Waals surface area contributed by atoms with Gasteiger partial charge in [-0.25, -0.2) is 9.13 Å². The highest BCUT2D eigenvalue weighted by atomic mass is 16.6. The van der Waals surface area contributed by atoms with Crippen molar-refractivity contribution >= 4 is 11.5 Å². The molecule has 1 aliphatic heterocycles. The first-order valence-electron chi connectivity index (χ1n) is 9.61. The van der Waals surface area contributed by atoms with Crippen molar-refractivity contribution in [1.82, 2.24) is 4.57 Å². The number of Topliss-reactive ketones (excluding diaryl/α,β-unsaturated/α-hetero) is 1. The van der Waals surface area contributed by atoms with Gasteiger partial charge in [-0.2, -0.15) is 0 Å². The number of benzene rings is 2. The second kappa shape index (κ2) is 7.87. The average molecular weight is 392 g/mol. The van der Waals surface area contributed by atoms with Crippen molar-refractivity contribution in [2.75, 3.05) is 7.11 Å². The Balaban J connectivity index is 1.67. The maximum Gasteiger partial charge on any atom is 0.270 e. The van der Waals surface area contributed by atoms with Gasteiger partial charge < -0.3 is 4.74 Å². The van der Waals surface area contributed by atoms with Crippen molar-refractivity contribution in [3.05, 3.63) is 76.2 Å². The largest absolute Gasteiger partial charge is 0.497 e. The number of methoxy groups -OCH3 is 1. The van der Waals surface area contributed by atoms with E-state index < -0.39 is 4.92 Å². The zero-order chi connectivity index (χ0) is 20.4. The number of non-ortho nitro benzene ring substituents is 1. The molecule has 0 saturated heterocycles. The minimum Gasteiger partial charge on any atom is -0.497 e. The molecule has 0 bridgehead atoms. The minimum atomic E-state index is -0.480. The maximum atomic E-state index is 12.8. The highest BCUT2D eigenvalue weighted by Crippen LogP contribution is 2.26. The first kappa shape index (κ1) is 18.9. The summed E-state index contributed by atoms with van der Waals surface area (Å²) >= 11 is 0. The molecule has 2 heterocycles. The van der Waals surface area contributed by atoms with Crippen LogP contribution in [0.1, 0.15) is 29.0 Å². The van der Waals surface area contributed by atoms with Gasteiger partial charge in [-0.15, -0.1) is 0 Å². The molecule has 1 aliphatic rings. The third-order valence-corrected chi connectivity index (χ3v) is 5.32. The average Bonchev–Trinajstić information content (AvgIpc) is 3.12. The number of carbonyl (C=O) groups is 1. The van der Waals surface area contributed by atoms with E-state index in [0.29, 0.717) is 5.56 Å². The number of hydrogen-bond acceptors (Lipinski definition) is 4. The molecule has 29 heavy (non-hydrogen) atoms. The summed E-state index contributed by atoms with van der Waals surface area (Å²) in [6, 6.07) is 13.8. The summed E-state index contributed by atoms with van der Waals surface area (Å²) in [5, 5.41) is 11.0. The molecule has 0 atom stereocenters. The van der Waals surface area contributed by atoms with Crippen LogP contribution in [0.15, 0.2) is 54.7 Å². The normalized spacial score (nSPS) is 13.0. The van der Waals surface area contributed by atoms with Gasteiger partial charge in [-0.1, -0.05) is 12.1 Å². The first-order chi connectivity index (χ1) is 14.1. The number of ether oxygens (including phenoxy) is 1. The monoisotopic (exact) mass is 392 g/mol. The SMILES string of the molecule is COc1ccc(-c2c[n+](CC(=O)c3cccc([N+](=O)[O-])c3)c3n2CCCC3)cc1. The van der Waals surface area contributed by atoms with Gasteiger partial charge in [0, 0.05) is 29.7 Å². The lowest BCUT2D eigenvalue weighted by molar-refractivity contribution is -0.690. The van der Waals surface area contributed by atoms with E-state index in [-0.39, 0.29) is 18.0 Å². The molecular weight excluding hydrogens is 370 g/mol. The summed E-state index contributed by atoms with van der Waals surface area (Å²) in [4.78, 5) is 23.4. The third-order valence-electron chi connectivity index (χ3n) is 5.32. The lowest BCUT2D eigenvalue weighted by atomic mass is 10.1. The summed E-state index contributed by atoms with van der Waals surface area (Å²) in [7, 11) is 1.64. The molecule has 7 heteroatoms. The van der Waals surface area contributed by atoms with Gasteiger partial charge in [0.15, 0.2) is 12.2 Å². The number of ketones is 1. The smallest absolute Gasteiger partial charge is 0.270 e. The molecule has 3 aromatic rings. The molecule has 0 radical (unpaired) electrons. The van der Waals surface area contributed by atoms with Crippen LogP contribution in [0.4, 0.5) is 5.69 Å². The van der Waals surface area contributed by atoms with Crippen molar-refractivity contribution in [2.24, 2.45) is 0 Å². The molecule has 2 aromatic carbocycles. The number of nitrogens with zero attached hydrogens (tertiary/aromatic N) is 3. The fourth-order valence-electron chi connectivity index (χ4n) is 3.83. The summed E-state index contributed by atoms with van der Waals surface area (Å²) in [5.41, 5.74) is 2.41. The summed E-state index contributed by atoms with van der Waals surface area (Å²) < 4.78 is 9.50. The van der Waals surface area contributed by atoms with Crippen LogP contribution in [0.3, 0.4) is 0 Å². The summed E-state index contributed by atoms with van der Waals surface area (Å²) in [6.45, 7) is 1.07. The summed E-state index contributed by atoms with van der Waals surface area (Å²) in [6.07, 6.45) is 5.09. The van der Waals surface area contributed by atoms with E-state index in [9.17, 15) is 14.9 Å². The second-order valence-electron chi connectivity index (χ2n) is 7.13. The standard InChI is InChI=1S/C22H22N3O4/c1-29-19-10-8-16(9-11-19)20-14-23(22-7-2-3-12-24(20)22)15-21(26)17-5-4-6-18(13-17)25(27)28/h4-6,8-11,13-14H,2-3,7,12,15H2,1H3/q+1. The molecule has 148 valence electrons. The Morgan fingerprint density at radius 3 is 2.72 bits per heavy atom. The van der Waals surface area contributed by atoms with Crippen molar-refractivity contribution in [3.8, 4) is 17.0 Å². The van der Waals surface area contributed by atoms with Crippen LogP contribution < -0.4 is 9.30 Å². The van der Waals surface area contributed by atoms with Gasteiger partial charge in [0.25, 0.3) is 11.5 Å². The van der Waals surface area contributed by atoms with E-state index in [0.717, 1.165) is 48.6 Å². The van der Waals surface area contributed by atoms with Crippen LogP contribution in [0.25, 0.3) is 11.3 Å². The number of fused-ring (bicyclic) bond motifs is 1. The van der Waals surface area contributed by atoms with Crippen molar-refractivity contribution in [3.63, 3.8) is 0 Å². The number of imidazole rings is 1. The molecule has 1 aromatic heterocycles. The van der Waals surface area contributed by atoms with Gasteiger partial charge in [-0.05, 0) is 37.1 Å². The minimum absolute atomic E-state index is 0.0707. The Labute approximate surface area is 168 Å². The number of nitro benzene ring substituents is 1. The molecule has 4 rings (SSSR count). The molecule has 0 spiro atoms. The van der Waals surface area contributed by atoms with Crippen molar-refractivity contribution < 1.29 is 19.0 Å². The Morgan fingerprint density at radius 2 is 2.00 bits per heavy atom. The van der Waals surface area contributed by atoms with Gasteiger partial charge in [0.2, 0.25) is 5.78 Å². The van der Waals surface area contributed by atoms with Crippen molar-refractivity contribution in [1.29, 1.82) is 0 Å². The first-order valence-corrected chi connectivity index (χ1v) is 9.61. The number of carbonyl (C=O) groups excluding carboxylic acids is 1. The van der Waals surface area contributed by atoms with Crippen molar-refractivity contribution in [2.45, 2.75) is 32.4 Å². The molecule has 0 amide bonds. The quantitative estimate of drug-likeness (QED) is 0.278. The molecule has 0 N–H and O–H groups in total. The van der Waals surface area contributed by atoms with E-state index in [2.05, 4.69) is 4.57 Å². The Morgan fingerprint density at radius 1 is 1.21 bits per heavy atom. The van der Waals surface area contributed by atoms with E-state index in [1.807, 2.05) is 35.0 Å². The molecule has 7 nitrogen and oxygen atoms in total. The van der Waals surface area contributed by atoms with Gasteiger partial charge >= 0.3 is 0 Å². The summed E-state index contributed by atoms with van der Waals surface area (Å²) in [5.74, 6) is 1.77. The molecule has 0 saturated carbocycles. The second-order valence-corrected chi connectivity index (χ2v) is 7.13. The molecule has 0 unspecified atom stereocenters. The zero-order valence-corrected chi connectivity index (χ0v) is 16.2. The lowest BCUT2D eigenvalue weighted by Crippen LogP contribution is -2.41. The predicted molar refractivity (Wildman–Crippen MR) is 107 cm³/mol. The van der Waals surface area contributed by atoms with Crippen LogP contribution in [0.2, 0.25) is 0 Å². The third kappa shape index (κ3) is 3.76. The topological polar surface area (TPSA) is 78.2 Å². The van der Waals surface area contributed by atoms with Gasteiger partial charge in [-0.3, -0.25) is 14.9 Å². The highest BCUT2D eigenvalue weighted by molar-refractivity contribution is 5.95. The Hall–Kier alpha value is -3.48. The van der Waals surface area contributed by atoms with E-state index >= 15 is 0 Å². The Bertz CT molecular complexity index is 1070. The highest BCUT2D eigenvalue weighted by Gasteiger charge is 2.28. The maximum absolute atomic E-state index is 12.8. The van der Waals surface area contributed by atoms with Gasteiger partial charge in [0.1, 0.15) is 11.9 Å². The number of nitro groups is 1. The van der Waals surface area contributed by atoms with E-state index in [4.69, 9.17) is 4.74 Å². The lowest BCUT2D eigenvalue weighted by Gasteiger charge is -2.11. The fourth-order valence-corrected chi connectivity index (χ4v) is 3.83. The van der Waals surface area contributed by atoms with Crippen LogP contribution in [-0.2, 0) is 19.5 Å². The number of rotatable bonds is 6. The van der Waals surface area contributed by atoms with Crippen LogP contribution in [0, 0.1) is 10.1 Å². The molecular formula is C22H22N3O4+. The molecule has 0 fully saturated rings. The predicted octanol–water partition coefficient (Wildman–Crippen LogP) is 3.58. The number of hydrogen-bond donors (Lipinski definition) is 0. The van der Waals surface area contributed by atoms with Gasteiger partial charge in [0.05, 0.1) is 18.6 Å². The van der Waals surface area contributed by atoms with E-state index in [1.165, 1.54) is 12.1 Å². The molecule has 0 aliphatic carbocycles. The van der Waals surface area contributed by atoms with Crippen LogP contribution in [-0.4, -0.2) is 22.4 Å². The van der Waals surface area contributed by atoms with E-state index in [1.54, 1.807) is 19.2 Å². The zero-order valence-electron chi connectivity index (χ0n) is 16.2. The number of aromatic nitrogens is 2. The fraction of sp³-hybridized carbons (Fsp3) is 0.273. The van der Waals surface area contributed by atoms with Crippen LogP contribution >= 0.6 is 0 Å².